The first-order valence-corrected chi connectivity index (χ1v) is 5.06. The Morgan fingerprint density at radius 1 is 1.69 bits per heavy atom. The molecular weight excluding hydrogens is 286 g/mol. The monoisotopic (exact) mass is 294 g/mol. The highest BCUT2D eigenvalue weighted by Gasteiger charge is 2.23. The van der Waals surface area contributed by atoms with Gasteiger partial charge in [-0.15, -0.1) is 0 Å². The summed E-state index contributed by atoms with van der Waals surface area (Å²) in [7, 11) is 1.15. The van der Waals surface area contributed by atoms with Gasteiger partial charge in [0.2, 0.25) is 0 Å². The van der Waals surface area contributed by atoms with Gasteiger partial charge in [-0.25, -0.2) is 18.6 Å². The molecule has 1 aromatic rings. The lowest BCUT2D eigenvalue weighted by atomic mass is 10.1. The van der Waals surface area contributed by atoms with E-state index in [1.54, 1.807) is 0 Å². The maximum absolute atomic E-state index is 12.8. The quantitative estimate of drug-likeness (QED) is 0.866. The molecule has 88 valence electrons. The number of ether oxygens (including phenoxy) is 1. The molecule has 4 nitrogen and oxygen atoms in total. The molecule has 2 N–H and O–H groups in total. The molecule has 0 fully saturated rings. The van der Waals surface area contributed by atoms with Crippen molar-refractivity contribution in [1.82, 2.24) is 4.98 Å². The lowest BCUT2D eigenvalue weighted by Crippen LogP contribution is -2.14. The van der Waals surface area contributed by atoms with E-state index in [1.165, 1.54) is 0 Å². The number of carbonyl (C=O) groups excluding carboxylic acids is 1. The molecule has 0 aliphatic carbocycles. The van der Waals surface area contributed by atoms with E-state index in [0.717, 1.165) is 13.3 Å². The molecule has 7 heteroatoms. The summed E-state index contributed by atoms with van der Waals surface area (Å²) in [5.74, 6) is -0.783. The minimum absolute atomic E-state index is 0.00350. The zero-order valence-electron chi connectivity index (χ0n) is 8.34. The van der Waals surface area contributed by atoms with E-state index in [2.05, 4.69) is 25.7 Å². The van der Waals surface area contributed by atoms with E-state index in [0.29, 0.717) is 0 Å². The van der Waals surface area contributed by atoms with Gasteiger partial charge in [-0.1, -0.05) is 0 Å². The predicted octanol–water partition coefficient (Wildman–Crippen LogP) is 2.03. The van der Waals surface area contributed by atoms with Crippen molar-refractivity contribution >= 4 is 21.9 Å². The lowest BCUT2D eigenvalue weighted by molar-refractivity contribution is 0.0591. The van der Waals surface area contributed by atoms with Crippen LogP contribution in [-0.4, -0.2) is 18.1 Å². The first-order valence-electron chi connectivity index (χ1n) is 4.26. The molecule has 16 heavy (non-hydrogen) atoms. The van der Waals surface area contributed by atoms with Crippen molar-refractivity contribution in [2.75, 3.05) is 7.11 Å². The van der Waals surface area contributed by atoms with Crippen molar-refractivity contribution in [2.24, 2.45) is 5.73 Å². The molecule has 1 heterocycles. The van der Waals surface area contributed by atoms with Crippen LogP contribution in [0.2, 0.25) is 0 Å². The highest BCUT2D eigenvalue weighted by Crippen LogP contribution is 2.31. The number of methoxy groups -OCH3 is 1. The van der Waals surface area contributed by atoms with Gasteiger partial charge in [0.1, 0.15) is 0 Å². The summed E-state index contributed by atoms with van der Waals surface area (Å²) >= 11 is 2.94. The van der Waals surface area contributed by atoms with Gasteiger partial charge in [0.25, 0.3) is 6.43 Å². The van der Waals surface area contributed by atoms with Crippen LogP contribution in [-0.2, 0) is 11.3 Å². The molecule has 0 aromatic carbocycles. The number of alkyl halides is 2. The molecule has 0 saturated carbocycles. The largest absolute Gasteiger partial charge is 0.464 e. The Kier molecular flexibility index (Phi) is 4.31. The van der Waals surface area contributed by atoms with Gasteiger partial charge in [0.05, 0.1) is 7.11 Å². The zero-order valence-corrected chi connectivity index (χ0v) is 9.92. The predicted molar refractivity (Wildman–Crippen MR) is 56.1 cm³/mol. The van der Waals surface area contributed by atoms with E-state index in [-0.39, 0.29) is 27.8 Å². The van der Waals surface area contributed by atoms with Crippen LogP contribution in [0.4, 0.5) is 8.78 Å². The second-order valence-electron chi connectivity index (χ2n) is 2.84. The van der Waals surface area contributed by atoms with Crippen molar-refractivity contribution < 1.29 is 18.3 Å². The molecule has 0 spiro atoms. The number of carbonyl (C=O) groups is 1. The minimum atomic E-state index is -2.74. The fourth-order valence-electron chi connectivity index (χ4n) is 1.26. The summed E-state index contributed by atoms with van der Waals surface area (Å²) in [5.41, 5.74) is 4.85. The van der Waals surface area contributed by atoms with Gasteiger partial charge in [-0.05, 0) is 15.9 Å². The Hall–Kier alpha value is -1.08. The van der Waals surface area contributed by atoms with Crippen LogP contribution in [0.3, 0.4) is 0 Å². The molecule has 0 bridgehead atoms. The van der Waals surface area contributed by atoms with Gasteiger partial charge in [-0.2, -0.15) is 0 Å². The Morgan fingerprint density at radius 3 is 2.75 bits per heavy atom. The maximum atomic E-state index is 12.8. The van der Waals surface area contributed by atoms with Crippen molar-refractivity contribution in [2.45, 2.75) is 13.0 Å². The van der Waals surface area contributed by atoms with E-state index < -0.39 is 12.4 Å². The van der Waals surface area contributed by atoms with Crippen molar-refractivity contribution in [3.8, 4) is 0 Å². The molecule has 0 atom stereocenters. The van der Waals surface area contributed by atoms with Crippen LogP contribution in [0.1, 0.15) is 28.0 Å². The summed E-state index contributed by atoms with van der Waals surface area (Å²) in [5, 5.41) is 0. The van der Waals surface area contributed by atoms with E-state index in [1.807, 2.05) is 0 Å². The lowest BCUT2D eigenvalue weighted by Gasteiger charge is -2.12. The Morgan fingerprint density at radius 2 is 2.31 bits per heavy atom. The highest BCUT2D eigenvalue weighted by atomic mass is 79.9. The summed E-state index contributed by atoms with van der Waals surface area (Å²) in [6.45, 7) is -0.212. The van der Waals surface area contributed by atoms with Crippen LogP contribution in [0.5, 0.6) is 0 Å². The van der Waals surface area contributed by atoms with Crippen LogP contribution >= 0.6 is 15.9 Å². The van der Waals surface area contributed by atoms with Gasteiger partial charge in [0, 0.05) is 28.3 Å². The number of nitrogens with zero attached hydrogens (tertiary/aromatic N) is 1. The number of pyridine rings is 1. The van der Waals surface area contributed by atoms with E-state index in [9.17, 15) is 13.6 Å². The minimum Gasteiger partial charge on any atom is -0.464 e. The molecular formula is C9H9BrF2N2O2. The second kappa shape index (κ2) is 5.31. The van der Waals surface area contributed by atoms with E-state index >= 15 is 0 Å². The summed E-state index contributed by atoms with van der Waals surface area (Å²) < 4.78 is 30.1. The fourth-order valence-corrected chi connectivity index (χ4v) is 1.77. The van der Waals surface area contributed by atoms with Crippen LogP contribution in [0, 0.1) is 0 Å². The average Bonchev–Trinajstić information content (AvgIpc) is 2.26. The molecule has 0 saturated heterocycles. The van der Waals surface area contributed by atoms with Gasteiger partial charge >= 0.3 is 5.97 Å². The molecule has 0 radical (unpaired) electrons. The van der Waals surface area contributed by atoms with Crippen molar-refractivity contribution in [1.29, 1.82) is 0 Å². The molecule has 1 rings (SSSR count). The number of halogens is 3. The third-order valence-corrected chi connectivity index (χ3v) is 2.61. The highest BCUT2D eigenvalue weighted by molar-refractivity contribution is 9.10. The van der Waals surface area contributed by atoms with Gasteiger partial charge < -0.3 is 10.5 Å². The Balaban J connectivity index is 3.42. The number of esters is 1. The van der Waals surface area contributed by atoms with Crippen LogP contribution < -0.4 is 5.73 Å². The molecule has 0 unspecified atom stereocenters. The standard InChI is InChI=1S/C9H9BrF2N2O2/c1-16-9(15)7-4(2-13)6(8(11)12)5(10)3-14-7/h3,8H,2,13H2,1H3. The normalized spacial score (nSPS) is 10.6. The average molecular weight is 295 g/mol. The first-order chi connectivity index (χ1) is 7.52. The SMILES string of the molecule is COC(=O)c1ncc(Br)c(C(F)F)c1CN. The van der Waals surface area contributed by atoms with E-state index in [4.69, 9.17) is 5.73 Å². The summed E-state index contributed by atoms with van der Waals surface area (Å²) in [4.78, 5) is 15.0. The Bertz CT molecular complexity index is 413. The topological polar surface area (TPSA) is 65.2 Å². The number of nitrogens with two attached hydrogens (primary N) is 1. The van der Waals surface area contributed by atoms with Crippen LogP contribution in [0.25, 0.3) is 0 Å². The molecule has 0 aliphatic rings. The van der Waals surface area contributed by atoms with Crippen LogP contribution in [0.15, 0.2) is 10.7 Å². The van der Waals surface area contributed by atoms with Gasteiger partial charge in [-0.3, -0.25) is 0 Å². The smallest absolute Gasteiger partial charge is 0.356 e. The zero-order chi connectivity index (χ0) is 12.3. The molecule has 1 aromatic heterocycles. The molecule has 0 aliphatic heterocycles. The third kappa shape index (κ3) is 2.35. The summed E-state index contributed by atoms with van der Waals surface area (Å²) in [6, 6.07) is 0. The first kappa shape index (κ1) is 13.0. The van der Waals surface area contributed by atoms with Gasteiger partial charge in [0.15, 0.2) is 5.69 Å². The second-order valence-corrected chi connectivity index (χ2v) is 3.70. The third-order valence-electron chi connectivity index (χ3n) is 1.98. The Labute approximate surface area is 98.9 Å². The molecule has 0 amide bonds. The number of aromatic nitrogens is 1. The number of hydrogen-bond donors (Lipinski definition) is 1. The van der Waals surface area contributed by atoms with Crippen molar-refractivity contribution in [3.63, 3.8) is 0 Å². The number of rotatable bonds is 3. The van der Waals surface area contributed by atoms with Crippen molar-refractivity contribution in [3.05, 3.63) is 27.5 Å². The maximum Gasteiger partial charge on any atom is 0.356 e. The number of hydrogen-bond acceptors (Lipinski definition) is 4. The fraction of sp³-hybridized carbons (Fsp3) is 0.333. The summed E-state index contributed by atoms with van der Waals surface area (Å²) in [6.07, 6.45) is -1.60.